The Morgan fingerprint density at radius 2 is 1.70 bits per heavy atom. The van der Waals surface area contributed by atoms with Crippen molar-refractivity contribution in [1.82, 2.24) is 4.72 Å². The summed E-state index contributed by atoms with van der Waals surface area (Å²) in [4.78, 5) is 23.6. The van der Waals surface area contributed by atoms with Crippen molar-refractivity contribution >= 4 is 27.8 Å². The summed E-state index contributed by atoms with van der Waals surface area (Å²) in [5.74, 6) is -0.534. The first-order valence-corrected chi connectivity index (χ1v) is 11.1. The van der Waals surface area contributed by atoms with E-state index in [4.69, 9.17) is 4.74 Å². The van der Waals surface area contributed by atoms with Gasteiger partial charge in [0.05, 0.1) is 17.6 Å². The van der Waals surface area contributed by atoms with Crippen LogP contribution in [0.1, 0.15) is 36.0 Å². The maximum Gasteiger partial charge on any atom is 0.411 e. The van der Waals surface area contributed by atoms with E-state index >= 15 is 0 Å². The van der Waals surface area contributed by atoms with E-state index in [1.54, 1.807) is 24.3 Å². The molecule has 2 aromatic rings. The van der Waals surface area contributed by atoms with Crippen molar-refractivity contribution in [2.75, 3.05) is 12.4 Å². The summed E-state index contributed by atoms with van der Waals surface area (Å²) in [5, 5.41) is 2.66. The van der Waals surface area contributed by atoms with Crippen molar-refractivity contribution in [1.29, 1.82) is 0 Å². The summed E-state index contributed by atoms with van der Waals surface area (Å²) in [5.41, 5.74) is 0.901. The van der Waals surface area contributed by atoms with Crippen molar-refractivity contribution in [3.63, 3.8) is 0 Å². The van der Waals surface area contributed by atoms with E-state index in [1.807, 2.05) is 6.07 Å². The van der Waals surface area contributed by atoms with Gasteiger partial charge in [-0.1, -0.05) is 18.2 Å². The van der Waals surface area contributed by atoms with Crippen LogP contribution >= 0.6 is 0 Å². The van der Waals surface area contributed by atoms with Crippen molar-refractivity contribution in [2.24, 2.45) is 0 Å². The van der Waals surface area contributed by atoms with Crippen molar-refractivity contribution in [2.45, 2.75) is 42.7 Å². The van der Waals surface area contributed by atoms with Gasteiger partial charge in [-0.3, -0.25) is 5.32 Å². The molecule has 0 aliphatic heterocycles. The Labute approximate surface area is 175 Å². The van der Waals surface area contributed by atoms with E-state index in [1.165, 1.54) is 31.4 Å². The number of nitrogens with one attached hydrogen (secondary N) is 2. The Morgan fingerprint density at radius 1 is 1.00 bits per heavy atom. The number of para-hydroxylation sites is 1. The minimum atomic E-state index is -3.77. The third-order valence-electron chi connectivity index (χ3n) is 4.83. The smallest absolute Gasteiger partial charge is 0.411 e. The van der Waals surface area contributed by atoms with Gasteiger partial charge >= 0.3 is 12.1 Å². The van der Waals surface area contributed by atoms with E-state index < -0.39 is 22.1 Å². The van der Waals surface area contributed by atoms with Gasteiger partial charge in [0.2, 0.25) is 10.0 Å². The van der Waals surface area contributed by atoms with Crippen LogP contribution in [0.3, 0.4) is 0 Å². The minimum Gasteiger partial charge on any atom is -0.465 e. The fraction of sp³-hybridized carbons (Fsp3) is 0.333. The van der Waals surface area contributed by atoms with Crippen LogP contribution in [0.25, 0.3) is 0 Å². The summed E-state index contributed by atoms with van der Waals surface area (Å²) < 4.78 is 38.1. The highest BCUT2D eigenvalue weighted by Gasteiger charge is 2.28. The number of carbonyl (C=O) groups is 2. The zero-order chi connectivity index (χ0) is 21.6. The quantitative estimate of drug-likeness (QED) is 0.678. The van der Waals surface area contributed by atoms with E-state index in [-0.39, 0.29) is 22.6 Å². The highest BCUT2D eigenvalue weighted by atomic mass is 32.2. The predicted octanol–water partition coefficient (Wildman–Crippen LogP) is 3.31. The number of esters is 1. The third kappa shape index (κ3) is 5.80. The van der Waals surface area contributed by atoms with Crippen LogP contribution in [-0.2, 0) is 19.5 Å². The maximum atomic E-state index is 12.7. The molecular formula is C21H24N2O6S. The van der Waals surface area contributed by atoms with Gasteiger partial charge in [0.1, 0.15) is 6.10 Å². The average molecular weight is 432 g/mol. The molecule has 1 aliphatic rings. The number of hydrogen-bond donors (Lipinski definition) is 2. The Kier molecular flexibility index (Phi) is 7.07. The number of amides is 1. The van der Waals surface area contributed by atoms with E-state index in [0.29, 0.717) is 24.9 Å². The fourth-order valence-corrected chi connectivity index (χ4v) is 4.64. The second-order valence-corrected chi connectivity index (χ2v) is 8.73. The number of rotatable bonds is 6. The molecule has 3 rings (SSSR count). The van der Waals surface area contributed by atoms with Crippen LogP contribution in [0.2, 0.25) is 0 Å². The van der Waals surface area contributed by atoms with E-state index in [2.05, 4.69) is 14.8 Å². The van der Waals surface area contributed by atoms with Crippen LogP contribution in [0.4, 0.5) is 10.5 Å². The Hall–Kier alpha value is -2.91. The number of benzene rings is 2. The largest absolute Gasteiger partial charge is 0.465 e. The second-order valence-electron chi connectivity index (χ2n) is 7.02. The van der Waals surface area contributed by atoms with Crippen LogP contribution < -0.4 is 10.0 Å². The standard InChI is InChI=1S/C21H24N2O6S/c1-28-20(24)15-10-12-19(13-11-15)30(26,27)23-17-8-5-9-18(14-17)29-21(25)22-16-6-3-2-4-7-16/h2-4,6-7,10-13,17-18,23H,5,8-9,14H2,1H3,(H,22,25). The Balaban J connectivity index is 1.57. The number of methoxy groups -OCH3 is 1. The number of anilines is 1. The molecule has 2 unspecified atom stereocenters. The van der Waals surface area contributed by atoms with E-state index in [9.17, 15) is 18.0 Å². The van der Waals surface area contributed by atoms with Gasteiger partial charge in [-0.05, 0) is 55.7 Å². The van der Waals surface area contributed by atoms with Crippen LogP contribution in [0, 0.1) is 0 Å². The molecule has 8 nitrogen and oxygen atoms in total. The normalized spacial score (nSPS) is 19.0. The SMILES string of the molecule is COC(=O)c1ccc(S(=O)(=O)NC2CCCC(OC(=O)Nc3ccccc3)C2)cc1. The van der Waals surface area contributed by atoms with Gasteiger partial charge in [-0.15, -0.1) is 0 Å². The van der Waals surface area contributed by atoms with E-state index in [0.717, 1.165) is 6.42 Å². The molecule has 30 heavy (non-hydrogen) atoms. The third-order valence-corrected chi connectivity index (χ3v) is 6.36. The second kappa shape index (κ2) is 9.73. The molecule has 2 aromatic carbocycles. The Morgan fingerprint density at radius 3 is 2.37 bits per heavy atom. The lowest BCUT2D eigenvalue weighted by atomic mass is 9.94. The number of sulfonamides is 1. The van der Waals surface area contributed by atoms with Crippen molar-refractivity contribution < 1.29 is 27.5 Å². The summed E-state index contributed by atoms with van der Waals surface area (Å²) in [6.07, 6.45) is 1.51. The van der Waals surface area contributed by atoms with Crippen molar-refractivity contribution in [3.8, 4) is 0 Å². The lowest BCUT2D eigenvalue weighted by Gasteiger charge is -2.29. The molecule has 160 valence electrons. The van der Waals surface area contributed by atoms with Crippen LogP contribution in [0.15, 0.2) is 59.5 Å². The number of carbonyl (C=O) groups excluding carboxylic acids is 2. The van der Waals surface area contributed by atoms with Crippen LogP contribution in [0.5, 0.6) is 0 Å². The molecule has 1 amide bonds. The maximum absolute atomic E-state index is 12.7. The molecule has 0 bridgehead atoms. The first-order valence-electron chi connectivity index (χ1n) is 9.61. The highest BCUT2D eigenvalue weighted by Crippen LogP contribution is 2.24. The molecule has 2 N–H and O–H groups in total. The van der Waals surface area contributed by atoms with Gasteiger partial charge in [0, 0.05) is 18.2 Å². The van der Waals surface area contributed by atoms with Gasteiger partial charge < -0.3 is 9.47 Å². The van der Waals surface area contributed by atoms with Gasteiger partial charge in [-0.25, -0.2) is 22.7 Å². The van der Waals surface area contributed by atoms with Gasteiger partial charge in [0.25, 0.3) is 0 Å². The summed E-state index contributed by atoms with van der Waals surface area (Å²) >= 11 is 0. The first-order chi connectivity index (χ1) is 14.4. The Bertz CT molecular complexity index is 976. The lowest BCUT2D eigenvalue weighted by molar-refractivity contribution is 0.0600. The zero-order valence-electron chi connectivity index (χ0n) is 16.5. The van der Waals surface area contributed by atoms with Crippen LogP contribution in [-0.4, -0.2) is 39.7 Å². The molecule has 0 radical (unpaired) electrons. The van der Waals surface area contributed by atoms with Gasteiger partial charge in [0.15, 0.2) is 0 Å². The molecule has 0 aromatic heterocycles. The number of ether oxygens (including phenoxy) is 2. The highest BCUT2D eigenvalue weighted by molar-refractivity contribution is 7.89. The monoisotopic (exact) mass is 432 g/mol. The zero-order valence-corrected chi connectivity index (χ0v) is 17.4. The molecule has 0 spiro atoms. The van der Waals surface area contributed by atoms with Crippen molar-refractivity contribution in [3.05, 3.63) is 60.2 Å². The predicted molar refractivity (Wildman–Crippen MR) is 111 cm³/mol. The molecule has 1 saturated carbocycles. The summed E-state index contributed by atoms with van der Waals surface area (Å²) in [7, 11) is -2.51. The topological polar surface area (TPSA) is 111 Å². The summed E-state index contributed by atoms with van der Waals surface area (Å²) in [6, 6.07) is 14.1. The first kappa shape index (κ1) is 21.8. The molecule has 0 heterocycles. The average Bonchev–Trinajstić information content (AvgIpc) is 2.74. The molecule has 0 saturated heterocycles. The molecule has 1 fully saturated rings. The summed E-state index contributed by atoms with van der Waals surface area (Å²) in [6.45, 7) is 0. The lowest BCUT2D eigenvalue weighted by Crippen LogP contribution is -2.41. The molecular weight excluding hydrogens is 408 g/mol. The minimum absolute atomic E-state index is 0.0556. The number of hydrogen-bond acceptors (Lipinski definition) is 6. The molecule has 2 atom stereocenters. The molecule has 1 aliphatic carbocycles. The molecule has 9 heteroatoms. The van der Waals surface area contributed by atoms with Gasteiger partial charge in [-0.2, -0.15) is 0 Å². The fourth-order valence-electron chi connectivity index (χ4n) is 3.35.